The van der Waals surface area contributed by atoms with E-state index in [1.807, 2.05) is 6.92 Å². The molecule has 1 atom stereocenters. The molecule has 0 bridgehead atoms. The number of rotatable bonds is 15. The Morgan fingerprint density at radius 1 is 0.884 bits per heavy atom. The van der Waals surface area contributed by atoms with Crippen LogP contribution in [0.1, 0.15) is 29.2 Å². The van der Waals surface area contributed by atoms with Gasteiger partial charge in [0.15, 0.2) is 6.10 Å². The van der Waals surface area contributed by atoms with E-state index in [1.54, 1.807) is 45.0 Å². The number of ether oxygens (including phenoxy) is 4. The van der Waals surface area contributed by atoms with Gasteiger partial charge < -0.3 is 29.0 Å². The van der Waals surface area contributed by atoms with Crippen molar-refractivity contribution < 1.29 is 64.4 Å². The quantitative estimate of drug-likeness (QED) is 0.231. The molecule has 43 heavy (non-hydrogen) atoms. The van der Waals surface area contributed by atoms with Crippen molar-refractivity contribution in [2.45, 2.75) is 58.4 Å². The Morgan fingerprint density at radius 2 is 1.47 bits per heavy atom. The van der Waals surface area contributed by atoms with E-state index in [1.165, 1.54) is 12.1 Å². The number of carboxylic acid groups (broad SMARTS) is 1. The highest BCUT2D eigenvalue weighted by molar-refractivity contribution is 5.73. The number of alkyl halides is 7. The van der Waals surface area contributed by atoms with Gasteiger partial charge in [0.1, 0.15) is 18.1 Å². The molecule has 0 spiro atoms. The number of amides is 1. The standard InChI is InChI=1S/C28H32F7NO7/c1-5-40-23(24(37)38)16-20-6-8-21(9-7-20)41-12-10-36(11-13-42-28(34,35)26(29,30)27(31,32)33)25(39)43-22-15-18(3)17(2)14-19(22)4/h6-9,14-15,23H,5,10-13,16H2,1-4H3,(H,37,38). The summed E-state index contributed by atoms with van der Waals surface area (Å²) in [7, 11) is 0. The van der Waals surface area contributed by atoms with Gasteiger partial charge >= 0.3 is 30.3 Å². The fourth-order valence-corrected chi connectivity index (χ4v) is 3.66. The van der Waals surface area contributed by atoms with Crippen molar-refractivity contribution in [1.29, 1.82) is 0 Å². The van der Waals surface area contributed by atoms with E-state index in [0.29, 0.717) is 11.1 Å². The van der Waals surface area contributed by atoms with Gasteiger partial charge in [-0.15, -0.1) is 0 Å². The van der Waals surface area contributed by atoms with Crippen LogP contribution in [0.25, 0.3) is 0 Å². The second-order valence-electron chi connectivity index (χ2n) is 9.47. The van der Waals surface area contributed by atoms with E-state index in [2.05, 4.69) is 4.74 Å². The molecule has 2 rings (SSSR count). The maximum Gasteiger partial charge on any atom is 0.462 e. The van der Waals surface area contributed by atoms with Gasteiger partial charge in [-0.05, 0) is 68.1 Å². The molecule has 0 fully saturated rings. The molecule has 0 saturated carbocycles. The summed E-state index contributed by atoms with van der Waals surface area (Å²) in [5.74, 6) is -7.20. The zero-order valence-electron chi connectivity index (χ0n) is 23.8. The predicted molar refractivity (Wildman–Crippen MR) is 139 cm³/mol. The monoisotopic (exact) mass is 627 g/mol. The van der Waals surface area contributed by atoms with Crippen LogP contribution in [0.5, 0.6) is 11.5 Å². The molecule has 2 aromatic carbocycles. The van der Waals surface area contributed by atoms with Gasteiger partial charge in [0.25, 0.3) is 0 Å². The third-order valence-corrected chi connectivity index (χ3v) is 6.23. The van der Waals surface area contributed by atoms with Crippen LogP contribution in [0, 0.1) is 20.8 Å². The van der Waals surface area contributed by atoms with E-state index in [-0.39, 0.29) is 37.7 Å². The van der Waals surface area contributed by atoms with Crippen LogP contribution >= 0.6 is 0 Å². The average Bonchev–Trinajstić information content (AvgIpc) is 2.90. The Labute approximate surface area is 243 Å². The first-order valence-corrected chi connectivity index (χ1v) is 13.0. The number of nitrogens with zero attached hydrogens (tertiary/aromatic N) is 1. The summed E-state index contributed by atoms with van der Waals surface area (Å²) in [4.78, 5) is 24.9. The summed E-state index contributed by atoms with van der Waals surface area (Å²) in [5, 5.41) is 9.22. The minimum atomic E-state index is -6.57. The normalized spacial score (nSPS) is 13.0. The molecule has 1 amide bonds. The summed E-state index contributed by atoms with van der Waals surface area (Å²) < 4.78 is 111. The fourth-order valence-electron chi connectivity index (χ4n) is 3.66. The molecule has 0 saturated heterocycles. The van der Waals surface area contributed by atoms with Crippen molar-refractivity contribution in [3.63, 3.8) is 0 Å². The molecule has 15 heteroatoms. The first-order valence-electron chi connectivity index (χ1n) is 13.0. The second kappa shape index (κ2) is 14.7. The second-order valence-corrected chi connectivity index (χ2v) is 9.47. The van der Waals surface area contributed by atoms with Gasteiger partial charge in [0.05, 0.1) is 13.2 Å². The maximum absolute atomic E-state index is 13.6. The molecule has 0 aliphatic heterocycles. The van der Waals surface area contributed by atoms with Gasteiger partial charge in [-0.3, -0.25) is 0 Å². The number of hydrogen-bond acceptors (Lipinski definition) is 6. The molecule has 0 aliphatic carbocycles. The van der Waals surface area contributed by atoms with Crippen LogP contribution in [0.15, 0.2) is 36.4 Å². The number of benzene rings is 2. The predicted octanol–water partition coefficient (Wildman–Crippen LogP) is 6.33. The van der Waals surface area contributed by atoms with E-state index < -0.39 is 49.5 Å². The lowest BCUT2D eigenvalue weighted by atomic mass is 10.1. The highest BCUT2D eigenvalue weighted by Crippen LogP contribution is 2.46. The van der Waals surface area contributed by atoms with Crippen molar-refractivity contribution in [3.8, 4) is 11.5 Å². The molecular formula is C28H32F7NO7. The average molecular weight is 628 g/mol. The Kier molecular flexibility index (Phi) is 12.2. The molecular weight excluding hydrogens is 595 g/mol. The minimum Gasteiger partial charge on any atom is -0.492 e. The van der Waals surface area contributed by atoms with E-state index >= 15 is 0 Å². The first kappa shape index (κ1) is 35.6. The number of hydrogen-bond donors (Lipinski definition) is 1. The van der Waals surface area contributed by atoms with Crippen LogP contribution in [0.4, 0.5) is 35.5 Å². The number of carbonyl (C=O) groups is 2. The number of carboxylic acids is 1. The highest BCUT2D eigenvalue weighted by atomic mass is 19.4. The van der Waals surface area contributed by atoms with Gasteiger partial charge in [-0.1, -0.05) is 18.2 Å². The third kappa shape index (κ3) is 9.71. The summed E-state index contributed by atoms with van der Waals surface area (Å²) in [5.41, 5.74) is 2.83. The third-order valence-electron chi connectivity index (χ3n) is 6.23. The number of aryl methyl sites for hydroxylation is 3. The van der Waals surface area contributed by atoms with Crippen LogP contribution in [-0.2, 0) is 20.7 Å². The van der Waals surface area contributed by atoms with Gasteiger partial charge in [-0.2, -0.15) is 30.7 Å². The minimum absolute atomic E-state index is 0.0823. The van der Waals surface area contributed by atoms with Crippen molar-refractivity contribution in [2.75, 3.05) is 32.9 Å². The number of aliphatic carboxylic acids is 1. The summed E-state index contributed by atoms with van der Waals surface area (Å²) in [6.45, 7) is 4.20. The van der Waals surface area contributed by atoms with Crippen molar-refractivity contribution in [1.82, 2.24) is 4.90 Å². The van der Waals surface area contributed by atoms with Gasteiger partial charge in [0, 0.05) is 19.6 Å². The smallest absolute Gasteiger partial charge is 0.462 e. The molecule has 8 nitrogen and oxygen atoms in total. The van der Waals surface area contributed by atoms with E-state index in [4.69, 9.17) is 14.2 Å². The summed E-state index contributed by atoms with van der Waals surface area (Å²) in [6.07, 6.45) is -14.6. The van der Waals surface area contributed by atoms with Crippen LogP contribution < -0.4 is 9.47 Å². The largest absolute Gasteiger partial charge is 0.492 e. The maximum atomic E-state index is 13.6. The summed E-state index contributed by atoms with van der Waals surface area (Å²) in [6, 6.07) is 9.44. The number of halogens is 7. The molecule has 2 aromatic rings. The summed E-state index contributed by atoms with van der Waals surface area (Å²) >= 11 is 0. The van der Waals surface area contributed by atoms with Crippen LogP contribution in [-0.4, -0.2) is 79.3 Å². The highest BCUT2D eigenvalue weighted by Gasteiger charge is 2.74. The molecule has 240 valence electrons. The fraction of sp³-hybridized carbons (Fsp3) is 0.500. The lowest BCUT2D eigenvalue weighted by molar-refractivity contribution is -0.423. The van der Waals surface area contributed by atoms with Crippen LogP contribution in [0.2, 0.25) is 0 Å². The first-order chi connectivity index (χ1) is 19.9. The molecule has 0 radical (unpaired) electrons. The van der Waals surface area contributed by atoms with Crippen molar-refractivity contribution in [2.24, 2.45) is 0 Å². The van der Waals surface area contributed by atoms with Gasteiger partial charge in [-0.25, -0.2) is 9.59 Å². The lowest BCUT2D eigenvalue weighted by Gasteiger charge is -2.29. The Balaban J connectivity index is 2.11. The molecule has 0 aliphatic rings. The Morgan fingerprint density at radius 3 is 2.02 bits per heavy atom. The van der Waals surface area contributed by atoms with Crippen molar-refractivity contribution in [3.05, 3.63) is 58.7 Å². The molecule has 1 unspecified atom stereocenters. The Hall–Kier alpha value is -3.59. The number of carbonyl (C=O) groups excluding carboxylic acids is 1. The van der Waals surface area contributed by atoms with Gasteiger partial charge in [0.2, 0.25) is 0 Å². The molecule has 1 N–H and O–H groups in total. The molecule has 0 heterocycles. The van der Waals surface area contributed by atoms with Crippen LogP contribution in [0.3, 0.4) is 0 Å². The zero-order valence-corrected chi connectivity index (χ0v) is 23.8. The Bertz CT molecular complexity index is 1240. The SMILES string of the molecule is CCOC(Cc1ccc(OCCN(CCOC(F)(F)C(F)(F)C(F)(F)F)C(=O)Oc2cc(C)c(C)cc2C)cc1)C(=O)O. The molecule has 0 aromatic heterocycles. The topological polar surface area (TPSA) is 94.5 Å². The zero-order chi connectivity index (χ0) is 32.6. The van der Waals surface area contributed by atoms with E-state index in [9.17, 15) is 45.4 Å². The lowest BCUT2D eigenvalue weighted by Crippen LogP contribution is -2.54. The van der Waals surface area contributed by atoms with Crippen molar-refractivity contribution >= 4 is 12.1 Å². The van der Waals surface area contributed by atoms with E-state index in [0.717, 1.165) is 16.0 Å².